The number of nitrogens with two attached hydrogens (primary N) is 1. The number of nitrogens with one attached hydrogen (secondary N) is 1. The fraction of sp³-hybridized carbons (Fsp3) is 0.588. The molecule has 2 unspecified atom stereocenters. The van der Waals surface area contributed by atoms with Crippen molar-refractivity contribution in [2.24, 2.45) is 11.7 Å². The Bertz CT molecular complexity index is 809. The molecule has 2 aliphatic rings. The van der Waals surface area contributed by atoms with Crippen molar-refractivity contribution in [3.8, 4) is 0 Å². The highest BCUT2D eigenvalue weighted by Crippen LogP contribution is 2.43. The molecule has 7 nitrogen and oxygen atoms in total. The van der Waals surface area contributed by atoms with Crippen LogP contribution < -0.4 is 5.73 Å². The summed E-state index contributed by atoms with van der Waals surface area (Å²) in [5.74, 6) is -0.845. The monoisotopic (exact) mass is 386 g/mol. The van der Waals surface area contributed by atoms with Gasteiger partial charge in [0, 0.05) is 23.7 Å². The summed E-state index contributed by atoms with van der Waals surface area (Å²) >= 11 is 0. The molecule has 0 bridgehead atoms. The second-order valence-corrected chi connectivity index (χ2v) is 7.36. The average Bonchev–Trinajstić information content (AvgIpc) is 3.32. The minimum absolute atomic E-state index is 0.0769. The average molecular weight is 386 g/mol. The van der Waals surface area contributed by atoms with Crippen molar-refractivity contribution >= 4 is 11.6 Å². The van der Waals surface area contributed by atoms with E-state index < -0.39 is 29.3 Å². The van der Waals surface area contributed by atoms with Crippen molar-refractivity contribution < 1.29 is 27.6 Å². The summed E-state index contributed by atoms with van der Waals surface area (Å²) in [5, 5.41) is 21.3. The van der Waals surface area contributed by atoms with Gasteiger partial charge in [-0.25, -0.2) is 0 Å². The van der Waals surface area contributed by atoms with Gasteiger partial charge in [0.15, 0.2) is 5.76 Å². The number of alkyl halides is 3. The summed E-state index contributed by atoms with van der Waals surface area (Å²) in [5.41, 5.74) is 2.45. The topological polar surface area (TPSA) is 116 Å². The third-order valence-corrected chi connectivity index (χ3v) is 5.01. The molecule has 0 spiro atoms. The molecule has 0 radical (unpaired) electrons. The maximum atomic E-state index is 13.2. The molecule has 148 valence electrons. The first-order valence-electron chi connectivity index (χ1n) is 8.56. The van der Waals surface area contributed by atoms with Crippen molar-refractivity contribution in [2.45, 2.75) is 50.9 Å². The first kappa shape index (κ1) is 19.4. The Kier molecular flexibility index (Phi) is 4.57. The predicted octanol–water partition coefficient (Wildman–Crippen LogP) is 2.16. The number of fused-ring (bicyclic) bond motifs is 1. The van der Waals surface area contributed by atoms with Crippen LogP contribution >= 0.6 is 0 Å². The normalized spacial score (nSPS) is 23.0. The summed E-state index contributed by atoms with van der Waals surface area (Å²) in [6.07, 6.45) is -1.71. The van der Waals surface area contributed by atoms with Gasteiger partial charge in [-0.05, 0) is 31.8 Å². The van der Waals surface area contributed by atoms with Crippen LogP contribution in [0, 0.1) is 11.3 Å². The minimum atomic E-state index is -4.92. The Labute approximate surface area is 153 Å². The highest BCUT2D eigenvalue weighted by molar-refractivity contribution is 6.42. The van der Waals surface area contributed by atoms with Crippen LogP contribution in [0.25, 0.3) is 0 Å². The first-order valence-corrected chi connectivity index (χ1v) is 8.56. The molecule has 1 saturated carbocycles. The predicted molar refractivity (Wildman–Crippen MR) is 88.7 cm³/mol. The first-order chi connectivity index (χ1) is 12.4. The van der Waals surface area contributed by atoms with Crippen molar-refractivity contribution in [1.29, 1.82) is 5.41 Å². The van der Waals surface area contributed by atoms with E-state index in [-0.39, 0.29) is 36.0 Å². The number of hydrogen-bond donors (Lipinski definition) is 3. The van der Waals surface area contributed by atoms with Gasteiger partial charge in [-0.2, -0.15) is 13.2 Å². The standard InChI is InChI=1S/C17H21F3N4O3/c1-8-6-24(15(25)11(22)5-10(21)9-3-4-9)7-12-13(8)14(23-27-12)16(2,26)17(18,19)20/h5,8-9,22,26H,3-4,6-7,21H2,1-2H3. The van der Waals surface area contributed by atoms with Gasteiger partial charge in [0.2, 0.25) is 5.60 Å². The van der Waals surface area contributed by atoms with Crippen molar-refractivity contribution in [3.05, 3.63) is 28.8 Å². The van der Waals surface area contributed by atoms with Gasteiger partial charge >= 0.3 is 6.18 Å². The Morgan fingerprint density at radius 3 is 2.63 bits per heavy atom. The number of carbonyl (C=O) groups is 1. The molecule has 1 aromatic heterocycles. The molecular formula is C17H21F3N4O3. The largest absolute Gasteiger partial charge is 0.422 e. The van der Waals surface area contributed by atoms with E-state index in [4.69, 9.17) is 15.7 Å². The lowest BCUT2D eigenvalue weighted by Crippen LogP contribution is -2.43. The van der Waals surface area contributed by atoms with Crippen LogP contribution in [0.3, 0.4) is 0 Å². The minimum Gasteiger partial charge on any atom is -0.402 e. The van der Waals surface area contributed by atoms with Crippen molar-refractivity contribution in [1.82, 2.24) is 10.1 Å². The van der Waals surface area contributed by atoms with E-state index in [1.807, 2.05) is 0 Å². The number of hydrogen-bond acceptors (Lipinski definition) is 6. The van der Waals surface area contributed by atoms with Crippen LogP contribution in [0.15, 0.2) is 16.3 Å². The Morgan fingerprint density at radius 2 is 2.07 bits per heavy atom. The highest BCUT2D eigenvalue weighted by Gasteiger charge is 2.55. The summed E-state index contributed by atoms with van der Waals surface area (Å²) in [6.45, 7) is 2.19. The maximum absolute atomic E-state index is 13.2. The van der Waals surface area contributed by atoms with Crippen LogP contribution in [0.5, 0.6) is 0 Å². The third kappa shape index (κ3) is 3.45. The fourth-order valence-electron chi connectivity index (χ4n) is 3.19. The Balaban J connectivity index is 1.82. The van der Waals surface area contributed by atoms with E-state index >= 15 is 0 Å². The lowest BCUT2D eigenvalue weighted by Gasteiger charge is -2.32. The zero-order valence-corrected chi connectivity index (χ0v) is 14.9. The van der Waals surface area contributed by atoms with E-state index in [1.54, 1.807) is 6.92 Å². The molecule has 1 aliphatic heterocycles. The number of aliphatic hydroxyl groups is 1. The molecule has 0 saturated heterocycles. The van der Waals surface area contributed by atoms with Crippen LogP contribution in [0.4, 0.5) is 13.2 Å². The number of aromatic nitrogens is 1. The number of rotatable bonds is 4. The van der Waals surface area contributed by atoms with Gasteiger partial charge in [-0.1, -0.05) is 12.1 Å². The zero-order chi connectivity index (χ0) is 20.1. The van der Waals surface area contributed by atoms with Gasteiger partial charge in [0.05, 0.1) is 6.54 Å². The molecular weight excluding hydrogens is 365 g/mol. The number of carbonyl (C=O) groups excluding carboxylic acids is 1. The van der Waals surface area contributed by atoms with Gasteiger partial charge in [-0.15, -0.1) is 0 Å². The highest BCUT2D eigenvalue weighted by atomic mass is 19.4. The Hall–Kier alpha value is -2.36. The summed E-state index contributed by atoms with van der Waals surface area (Å²) in [6, 6.07) is 0. The SMILES string of the molecule is CC1CN(C(=O)C(=N)C=C(N)C2CC2)Cc2onc(C(C)(O)C(F)(F)F)c21. The molecule has 2 atom stereocenters. The van der Waals surface area contributed by atoms with Gasteiger partial charge in [0.25, 0.3) is 5.91 Å². The van der Waals surface area contributed by atoms with Crippen molar-refractivity contribution in [2.75, 3.05) is 6.54 Å². The van der Waals surface area contributed by atoms with Gasteiger partial charge in [0.1, 0.15) is 11.4 Å². The van der Waals surface area contributed by atoms with E-state index in [0.29, 0.717) is 12.6 Å². The second kappa shape index (κ2) is 6.36. The number of nitrogens with zero attached hydrogens (tertiary/aromatic N) is 2. The molecule has 10 heteroatoms. The molecule has 4 N–H and O–H groups in total. The number of halogens is 3. The molecule has 3 rings (SSSR count). The summed E-state index contributed by atoms with van der Waals surface area (Å²) in [4.78, 5) is 13.8. The van der Waals surface area contributed by atoms with Crippen LogP contribution in [0.2, 0.25) is 0 Å². The molecule has 0 aromatic carbocycles. The smallest absolute Gasteiger partial charge is 0.402 e. The maximum Gasteiger partial charge on any atom is 0.422 e. The molecule has 1 amide bonds. The van der Waals surface area contributed by atoms with Crippen LogP contribution in [0.1, 0.15) is 49.6 Å². The number of amides is 1. The molecule has 1 aliphatic carbocycles. The molecule has 1 fully saturated rings. The molecule has 2 heterocycles. The summed E-state index contributed by atoms with van der Waals surface area (Å²) < 4.78 is 44.5. The van der Waals surface area contributed by atoms with Gasteiger partial charge < -0.3 is 20.3 Å². The lowest BCUT2D eigenvalue weighted by atomic mass is 9.87. The quantitative estimate of drug-likeness (QED) is 0.686. The fourth-order valence-corrected chi connectivity index (χ4v) is 3.19. The summed E-state index contributed by atoms with van der Waals surface area (Å²) in [7, 11) is 0. The van der Waals surface area contributed by atoms with E-state index in [0.717, 1.165) is 12.8 Å². The number of allylic oxidation sites excluding steroid dienone is 1. The van der Waals surface area contributed by atoms with Crippen LogP contribution in [-0.4, -0.2) is 39.5 Å². The zero-order valence-electron chi connectivity index (χ0n) is 14.9. The molecule has 27 heavy (non-hydrogen) atoms. The van der Waals surface area contributed by atoms with E-state index in [2.05, 4.69) is 5.16 Å². The molecule has 1 aromatic rings. The van der Waals surface area contributed by atoms with E-state index in [9.17, 15) is 23.1 Å². The second-order valence-electron chi connectivity index (χ2n) is 7.36. The lowest BCUT2D eigenvalue weighted by molar-refractivity contribution is -0.261. The van der Waals surface area contributed by atoms with E-state index in [1.165, 1.54) is 11.0 Å². The Morgan fingerprint density at radius 1 is 1.44 bits per heavy atom. The van der Waals surface area contributed by atoms with Gasteiger partial charge in [-0.3, -0.25) is 10.2 Å². The third-order valence-electron chi connectivity index (χ3n) is 5.01. The van der Waals surface area contributed by atoms with Crippen LogP contribution in [-0.2, 0) is 16.9 Å². The van der Waals surface area contributed by atoms with Crippen molar-refractivity contribution in [3.63, 3.8) is 0 Å².